The second-order valence-electron chi connectivity index (χ2n) is 6.88. The summed E-state index contributed by atoms with van der Waals surface area (Å²) >= 11 is 1.57. The van der Waals surface area contributed by atoms with Crippen LogP contribution in [0.5, 0.6) is 0 Å². The lowest BCUT2D eigenvalue weighted by molar-refractivity contribution is -0.385. The topological polar surface area (TPSA) is 123 Å². The van der Waals surface area contributed by atoms with Crippen molar-refractivity contribution in [3.05, 3.63) is 79.7 Å². The van der Waals surface area contributed by atoms with Crippen molar-refractivity contribution in [2.45, 2.75) is 13.5 Å². The van der Waals surface area contributed by atoms with E-state index in [-0.39, 0.29) is 17.7 Å². The average molecular weight is 436 g/mol. The Hall–Kier alpha value is -3.92. The minimum absolute atomic E-state index is 0.0696. The fraction of sp³-hybridized carbons (Fsp3) is 0.143. The highest BCUT2D eigenvalue weighted by molar-refractivity contribution is 7.09. The molecule has 0 aliphatic carbocycles. The van der Waals surface area contributed by atoms with Gasteiger partial charge in [-0.1, -0.05) is 30.3 Å². The molecule has 2 heterocycles. The first-order chi connectivity index (χ1) is 14.8. The molecule has 9 nitrogen and oxygen atoms in total. The molecule has 0 atom stereocenters. The van der Waals surface area contributed by atoms with Crippen molar-refractivity contribution in [2.75, 3.05) is 6.54 Å². The van der Waals surface area contributed by atoms with E-state index < -0.39 is 34.9 Å². The van der Waals surface area contributed by atoms with Crippen LogP contribution in [0.4, 0.5) is 5.69 Å². The molecule has 31 heavy (non-hydrogen) atoms. The number of nitro benzene ring substituents is 1. The summed E-state index contributed by atoms with van der Waals surface area (Å²) in [6.45, 7) is 1.63. The minimum atomic E-state index is -0.842. The van der Waals surface area contributed by atoms with E-state index in [0.717, 1.165) is 32.8 Å². The molecule has 1 aliphatic rings. The van der Waals surface area contributed by atoms with Crippen molar-refractivity contribution in [3.63, 3.8) is 0 Å². The fourth-order valence-electron chi connectivity index (χ4n) is 3.30. The predicted octanol–water partition coefficient (Wildman–Crippen LogP) is 2.94. The molecule has 0 unspecified atom stereocenters. The van der Waals surface area contributed by atoms with E-state index in [4.69, 9.17) is 0 Å². The summed E-state index contributed by atoms with van der Waals surface area (Å²) in [5.41, 5.74) is 1.89. The zero-order chi connectivity index (χ0) is 22.1. The summed E-state index contributed by atoms with van der Waals surface area (Å²) in [7, 11) is 0. The van der Waals surface area contributed by atoms with Gasteiger partial charge in [0.1, 0.15) is 12.1 Å². The van der Waals surface area contributed by atoms with Gasteiger partial charge in [0.05, 0.1) is 21.2 Å². The van der Waals surface area contributed by atoms with Gasteiger partial charge in [0.25, 0.3) is 17.5 Å². The van der Waals surface area contributed by atoms with Crippen LogP contribution >= 0.6 is 11.3 Å². The molecule has 4 rings (SSSR count). The minimum Gasteiger partial charge on any atom is -0.350 e. The summed E-state index contributed by atoms with van der Waals surface area (Å²) in [5.74, 6) is -2.11. The molecule has 0 saturated heterocycles. The van der Waals surface area contributed by atoms with Gasteiger partial charge in [-0.2, -0.15) is 0 Å². The van der Waals surface area contributed by atoms with Gasteiger partial charge in [0, 0.05) is 23.6 Å². The molecular weight excluding hydrogens is 420 g/mol. The number of thiazole rings is 1. The number of nitrogens with one attached hydrogen (secondary N) is 1. The molecule has 0 spiro atoms. The van der Waals surface area contributed by atoms with Crippen LogP contribution in [-0.4, -0.2) is 39.1 Å². The zero-order valence-electron chi connectivity index (χ0n) is 16.3. The lowest BCUT2D eigenvalue weighted by Crippen LogP contribution is -2.40. The monoisotopic (exact) mass is 436 g/mol. The van der Waals surface area contributed by atoms with E-state index >= 15 is 0 Å². The van der Waals surface area contributed by atoms with Gasteiger partial charge in [0.15, 0.2) is 0 Å². The molecule has 3 aromatic rings. The number of rotatable bonds is 6. The number of carbonyl (C=O) groups is 3. The normalized spacial score (nSPS) is 12.7. The molecule has 1 aromatic heterocycles. The standard InChI is InChI=1S/C21H16N4O5S/c1-12-23-16(11-31-12)14-7-5-13(6-8-14)9-22-18(26)10-24-20(27)15-3-2-4-17(25(29)30)19(15)21(24)28/h2-8,11H,9-10H2,1H3,(H,22,26). The highest BCUT2D eigenvalue weighted by Crippen LogP contribution is 2.30. The lowest BCUT2D eigenvalue weighted by atomic mass is 10.1. The number of carbonyl (C=O) groups excluding carboxylic acids is 3. The molecule has 1 aliphatic heterocycles. The van der Waals surface area contributed by atoms with E-state index in [1.54, 1.807) is 11.3 Å². The molecule has 0 radical (unpaired) electrons. The Kier molecular flexibility index (Phi) is 5.30. The number of nitro groups is 1. The van der Waals surface area contributed by atoms with Crippen molar-refractivity contribution in [3.8, 4) is 11.3 Å². The quantitative estimate of drug-likeness (QED) is 0.360. The first kappa shape index (κ1) is 20.4. The van der Waals surface area contributed by atoms with Crippen LogP contribution in [0.25, 0.3) is 11.3 Å². The predicted molar refractivity (Wildman–Crippen MR) is 113 cm³/mol. The van der Waals surface area contributed by atoms with E-state index in [2.05, 4.69) is 10.3 Å². The number of hydrogen-bond acceptors (Lipinski definition) is 7. The molecule has 10 heteroatoms. The Morgan fingerprint density at radius 1 is 1.16 bits per heavy atom. The van der Waals surface area contributed by atoms with E-state index in [1.807, 2.05) is 36.6 Å². The largest absolute Gasteiger partial charge is 0.350 e. The van der Waals surface area contributed by atoms with Crippen LogP contribution < -0.4 is 5.32 Å². The van der Waals surface area contributed by atoms with Crippen molar-refractivity contribution < 1.29 is 19.3 Å². The molecule has 156 valence electrons. The van der Waals surface area contributed by atoms with Crippen molar-refractivity contribution in [2.24, 2.45) is 0 Å². The summed E-state index contributed by atoms with van der Waals surface area (Å²) in [4.78, 5) is 52.9. The van der Waals surface area contributed by atoms with Crippen LogP contribution in [0.3, 0.4) is 0 Å². The van der Waals surface area contributed by atoms with Crippen LogP contribution in [0.2, 0.25) is 0 Å². The SMILES string of the molecule is Cc1nc(-c2ccc(CNC(=O)CN3C(=O)c4cccc([N+](=O)[O-])c4C3=O)cc2)cs1. The highest BCUT2D eigenvalue weighted by atomic mass is 32.1. The fourth-order valence-corrected chi connectivity index (χ4v) is 3.92. The Bertz CT molecular complexity index is 1220. The summed E-state index contributed by atoms with van der Waals surface area (Å²) in [6, 6.07) is 11.3. The third-order valence-electron chi connectivity index (χ3n) is 4.83. The number of amides is 3. The number of nitrogens with zero attached hydrogens (tertiary/aromatic N) is 3. The number of fused-ring (bicyclic) bond motifs is 1. The zero-order valence-corrected chi connectivity index (χ0v) is 17.1. The van der Waals surface area contributed by atoms with Gasteiger partial charge in [-0.25, -0.2) is 4.98 Å². The first-order valence-electron chi connectivity index (χ1n) is 9.27. The maximum Gasteiger partial charge on any atom is 0.282 e. The Balaban J connectivity index is 1.39. The Labute approximate surface area is 180 Å². The molecule has 0 bridgehead atoms. The Morgan fingerprint density at radius 2 is 1.90 bits per heavy atom. The van der Waals surface area contributed by atoms with E-state index in [9.17, 15) is 24.5 Å². The van der Waals surface area contributed by atoms with E-state index in [1.165, 1.54) is 12.1 Å². The molecule has 0 fully saturated rings. The number of benzene rings is 2. The highest BCUT2D eigenvalue weighted by Gasteiger charge is 2.41. The van der Waals surface area contributed by atoms with Crippen molar-refractivity contribution in [1.29, 1.82) is 0 Å². The summed E-state index contributed by atoms with van der Waals surface area (Å²) in [6.07, 6.45) is 0. The smallest absolute Gasteiger partial charge is 0.282 e. The van der Waals surface area contributed by atoms with Crippen molar-refractivity contribution in [1.82, 2.24) is 15.2 Å². The van der Waals surface area contributed by atoms with Gasteiger partial charge in [0.2, 0.25) is 5.91 Å². The molecule has 2 aromatic carbocycles. The van der Waals surface area contributed by atoms with Crippen LogP contribution in [0, 0.1) is 17.0 Å². The van der Waals surface area contributed by atoms with Gasteiger partial charge < -0.3 is 5.32 Å². The lowest BCUT2D eigenvalue weighted by Gasteiger charge is -2.13. The van der Waals surface area contributed by atoms with Gasteiger partial charge in [-0.05, 0) is 18.6 Å². The number of imide groups is 1. The van der Waals surface area contributed by atoms with E-state index in [0.29, 0.717) is 0 Å². The summed E-state index contributed by atoms with van der Waals surface area (Å²) in [5, 5.41) is 16.8. The number of aryl methyl sites for hydroxylation is 1. The molecule has 1 N–H and O–H groups in total. The molecular formula is C21H16N4O5S. The van der Waals surface area contributed by atoms with Gasteiger partial charge in [-0.3, -0.25) is 29.4 Å². The molecule has 0 saturated carbocycles. The third kappa shape index (κ3) is 3.92. The van der Waals surface area contributed by atoms with Crippen LogP contribution in [-0.2, 0) is 11.3 Å². The van der Waals surface area contributed by atoms with Gasteiger partial charge in [-0.15, -0.1) is 11.3 Å². The third-order valence-corrected chi connectivity index (χ3v) is 5.61. The van der Waals surface area contributed by atoms with Gasteiger partial charge >= 0.3 is 0 Å². The number of aromatic nitrogens is 1. The molecule has 3 amide bonds. The second-order valence-corrected chi connectivity index (χ2v) is 7.94. The van der Waals surface area contributed by atoms with Crippen molar-refractivity contribution >= 4 is 34.7 Å². The first-order valence-corrected chi connectivity index (χ1v) is 10.1. The van der Waals surface area contributed by atoms with Crippen LogP contribution in [0.1, 0.15) is 31.3 Å². The maximum atomic E-state index is 12.5. The second kappa shape index (κ2) is 8.07. The Morgan fingerprint density at radius 3 is 2.55 bits per heavy atom. The summed E-state index contributed by atoms with van der Waals surface area (Å²) < 4.78 is 0. The van der Waals surface area contributed by atoms with Crippen LogP contribution in [0.15, 0.2) is 47.8 Å². The number of hydrogen-bond donors (Lipinski definition) is 1. The average Bonchev–Trinajstić information content (AvgIpc) is 3.30. The maximum absolute atomic E-state index is 12.5.